The Bertz CT molecular complexity index is 736. The van der Waals surface area contributed by atoms with Crippen molar-refractivity contribution in [2.75, 3.05) is 13.1 Å². The van der Waals surface area contributed by atoms with Gasteiger partial charge in [-0.05, 0) is 42.9 Å². The molecule has 6 heteroatoms. The number of rotatable bonds is 4. The molecule has 25 heavy (non-hydrogen) atoms. The normalized spacial score (nSPS) is 17.9. The van der Waals surface area contributed by atoms with Gasteiger partial charge in [0.25, 0.3) is 5.91 Å². The number of piperidine rings is 1. The lowest BCUT2D eigenvalue weighted by Crippen LogP contribution is -2.47. The Labute approximate surface area is 148 Å². The second-order valence-electron chi connectivity index (χ2n) is 6.94. The number of amides is 1. The van der Waals surface area contributed by atoms with E-state index in [2.05, 4.69) is 18.9 Å². The SMILES string of the molecule is CC(C)c1ccc(-n2cc(O)c(C(=O)N3CCCCC3CN)n2)cc1. The number of benzene rings is 1. The average Bonchev–Trinajstić information content (AvgIpc) is 3.03. The number of aromatic nitrogens is 2. The first-order chi connectivity index (χ1) is 12.0. The van der Waals surface area contributed by atoms with Crippen LogP contribution in [0.4, 0.5) is 0 Å². The zero-order valence-electron chi connectivity index (χ0n) is 14.9. The lowest BCUT2D eigenvalue weighted by atomic mass is 10.0. The van der Waals surface area contributed by atoms with E-state index in [0.29, 0.717) is 19.0 Å². The van der Waals surface area contributed by atoms with Crippen LogP contribution in [0.15, 0.2) is 30.5 Å². The lowest BCUT2D eigenvalue weighted by molar-refractivity contribution is 0.0614. The number of hydrogen-bond donors (Lipinski definition) is 2. The molecule has 6 nitrogen and oxygen atoms in total. The largest absolute Gasteiger partial charge is 0.504 e. The molecule has 1 aromatic carbocycles. The van der Waals surface area contributed by atoms with Crippen LogP contribution in [-0.4, -0.2) is 44.8 Å². The van der Waals surface area contributed by atoms with E-state index in [1.807, 2.05) is 24.3 Å². The lowest BCUT2D eigenvalue weighted by Gasteiger charge is -2.34. The van der Waals surface area contributed by atoms with Gasteiger partial charge in [-0.1, -0.05) is 26.0 Å². The highest BCUT2D eigenvalue weighted by atomic mass is 16.3. The van der Waals surface area contributed by atoms with Gasteiger partial charge in [0.2, 0.25) is 0 Å². The highest BCUT2D eigenvalue weighted by molar-refractivity contribution is 5.95. The third-order valence-electron chi connectivity index (χ3n) is 4.88. The van der Waals surface area contributed by atoms with Crippen molar-refractivity contribution < 1.29 is 9.90 Å². The Kier molecular flexibility index (Phi) is 5.08. The van der Waals surface area contributed by atoms with Crippen LogP contribution in [0, 0.1) is 0 Å². The van der Waals surface area contributed by atoms with Crippen molar-refractivity contribution in [1.29, 1.82) is 0 Å². The molecule has 1 aliphatic rings. The second-order valence-corrected chi connectivity index (χ2v) is 6.94. The van der Waals surface area contributed by atoms with Crippen molar-refractivity contribution in [3.8, 4) is 11.4 Å². The Hall–Kier alpha value is -2.34. The Morgan fingerprint density at radius 3 is 2.68 bits per heavy atom. The summed E-state index contributed by atoms with van der Waals surface area (Å²) in [5.41, 5.74) is 7.94. The molecule has 0 saturated carbocycles. The number of carbonyl (C=O) groups is 1. The molecule has 0 spiro atoms. The molecule has 134 valence electrons. The van der Waals surface area contributed by atoms with Crippen LogP contribution in [0.2, 0.25) is 0 Å². The summed E-state index contributed by atoms with van der Waals surface area (Å²) in [6, 6.07) is 7.99. The van der Waals surface area contributed by atoms with Crippen molar-refractivity contribution in [3.63, 3.8) is 0 Å². The van der Waals surface area contributed by atoms with Gasteiger partial charge < -0.3 is 15.7 Å². The molecule has 3 rings (SSSR count). The molecular weight excluding hydrogens is 316 g/mol. The summed E-state index contributed by atoms with van der Waals surface area (Å²) in [5.74, 6) is 0.106. The van der Waals surface area contributed by atoms with E-state index in [1.165, 1.54) is 11.8 Å². The third kappa shape index (κ3) is 3.54. The Balaban J connectivity index is 1.85. The van der Waals surface area contributed by atoms with Crippen LogP contribution >= 0.6 is 0 Å². The molecule has 3 N–H and O–H groups in total. The summed E-state index contributed by atoms with van der Waals surface area (Å²) < 4.78 is 1.55. The van der Waals surface area contributed by atoms with E-state index in [0.717, 1.165) is 24.9 Å². The van der Waals surface area contributed by atoms with Crippen molar-refractivity contribution in [3.05, 3.63) is 41.7 Å². The minimum atomic E-state index is -0.245. The van der Waals surface area contributed by atoms with E-state index in [4.69, 9.17) is 5.73 Å². The monoisotopic (exact) mass is 342 g/mol. The van der Waals surface area contributed by atoms with E-state index in [1.54, 1.807) is 9.58 Å². The molecule has 1 aliphatic heterocycles. The van der Waals surface area contributed by atoms with Crippen LogP contribution in [0.25, 0.3) is 5.69 Å². The predicted octanol–water partition coefficient (Wildman–Crippen LogP) is 2.65. The third-order valence-corrected chi connectivity index (χ3v) is 4.88. The number of nitrogens with two attached hydrogens (primary N) is 1. The van der Waals surface area contributed by atoms with Crippen LogP contribution < -0.4 is 5.73 Å². The fraction of sp³-hybridized carbons (Fsp3) is 0.474. The van der Waals surface area contributed by atoms with Crippen molar-refractivity contribution in [2.45, 2.75) is 45.1 Å². The molecule has 1 amide bonds. The molecule has 0 bridgehead atoms. The molecule has 1 atom stereocenters. The van der Waals surface area contributed by atoms with E-state index in [-0.39, 0.29) is 23.4 Å². The summed E-state index contributed by atoms with van der Waals surface area (Å²) in [4.78, 5) is 14.6. The van der Waals surface area contributed by atoms with Crippen molar-refractivity contribution in [2.24, 2.45) is 5.73 Å². The van der Waals surface area contributed by atoms with Gasteiger partial charge in [-0.15, -0.1) is 0 Å². The van der Waals surface area contributed by atoms with Gasteiger partial charge in [-0.3, -0.25) is 4.79 Å². The maximum Gasteiger partial charge on any atom is 0.278 e. The molecular formula is C19H26N4O2. The molecule has 1 aromatic heterocycles. The minimum absolute atomic E-state index is 0.0242. The van der Waals surface area contributed by atoms with Crippen molar-refractivity contribution in [1.82, 2.24) is 14.7 Å². The fourth-order valence-corrected chi connectivity index (χ4v) is 3.31. The molecule has 2 aromatic rings. The van der Waals surface area contributed by atoms with E-state index < -0.39 is 0 Å². The minimum Gasteiger partial charge on any atom is -0.504 e. The van der Waals surface area contributed by atoms with Gasteiger partial charge >= 0.3 is 0 Å². The highest BCUT2D eigenvalue weighted by Gasteiger charge is 2.30. The first-order valence-corrected chi connectivity index (χ1v) is 8.91. The van der Waals surface area contributed by atoms with Gasteiger partial charge in [-0.25, -0.2) is 4.68 Å². The summed E-state index contributed by atoms with van der Waals surface area (Å²) in [6.45, 7) is 5.37. The number of carbonyl (C=O) groups excluding carboxylic acids is 1. The maximum atomic E-state index is 12.8. The number of likely N-dealkylation sites (tertiary alicyclic amines) is 1. The van der Waals surface area contributed by atoms with Crippen molar-refractivity contribution >= 4 is 5.91 Å². The molecule has 1 saturated heterocycles. The number of hydrogen-bond acceptors (Lipinski definition) is 4. The predicted molar refractivity (Wildman–Crippen MR) is 97.0 cm³/mol. The summed E-state index contributed by atoms with van der Waals surface area (Å²) in [5, 5.41) is 14.6. The van der Waals surface area contributed by atoms with Gasteiger partial charge in [0.05, 0.1) is 11.9 Å². The quantitative estimate of drug-likeness (QED) is 0.894. The van der Waals surface area contributed by atoms with Crippen LogP contribution in [-0.2, 0) is 0 Å². The van der Waals surface area contributed by atoms with Gasteiger partial charge in [-0.2, -0.15) is 5.10 Å². The second kappa shape index (κ2) is 7.27. The van der Waals surface area contributed by atoms with Crippen LogP contribution in [0.3, 0.4) is 0 Å². The van der Waals surface area contributed by atoms with Gasteiger partial charge in [0, 0.05) is 19.1 Å². The first kappa shape index (κ1) is 17.5. The average molecular weight is 342 g/mol. The summed E-state index contributed by atoms with van der Waals surface area (Å²) in [7, 11) is 0. The topological polar surface area (TPSA) is 84.4 Å². The number of nitrogens with zero attached hydrogens (tertiary/aromatic N) is 3. The zero-order valence-corrected chi connectivity index (χ0v) is 14.9. The molecule has 0 aliphatic carbocycles. The fourth-order valence-electron chi connectivity index (χ4n) is 3.31. The van der Waals surface area contributed by atoms with E-state index >= 15 is 0 Å². The highest BCUT2D eigenvalue weighted by Crippen LogP contribution is 2.24. The first-order valence-electron chi connectivity index (χ1n) is 8.91. The maximum absolute atomic E-state index is 12.8. The zero-order chi connectivity index (χ0) is 18.0. The molecule has 0 radical (unpaired) electrons. The summed E-state index contributed by atoms with van der Waals surface area (Å²) >= 11 is 0. The van der Waals surface area contributed by atoms with Gasteiger partial charge in [0.15, 0.2) is 11.4 Å². The van der Waals surface area contributed by atoms with Crippen LogP contribution in [0.1, 0.15) is 55.1 Å². The molecule has 1 unspecified atom stereocenters. The number of aromatic hydroxyl groups is 1. The standard InChI is InChI=1S/C19H26N4O2/c1-13(2)14-6-8-15(9-7-14)23-12-17(24)18(21-23)19(25)22-10-4-3-5-16(22)11-20/h6-9,12-13,16,24H,3-5,10-11,20H2,1-2H3. The van der Waals surface area contributed by atoms with Gasteiger partial charge in [0.1, 0.15) is 0 Å². The Morgan fingerprint density at radius 1 is 1.32 bits per heavy atom. The Morgan fingerprint density at radius 2 is 2.04 bits per heavy atom. The summed E-state index contributed by atoms with van der Waals surface area (Å²) in [6.07, 6.45) is 4.42. The smallest absolute Gasteiger partial charge is 0.278 e. The van der Waals surface area contributed by atoms with E-state index in [9.17, 15) is 9.90 Å². The molecule has 2 heterocycles. The molecule has 1 fully saturated rings. The van der Waals surface area contributed by atoms with Crippen LogP contribution in [0.5, 0.6) is 5.75 Å².